The van der Waals surface area contributed by atoms with E-state index in [1.165, 1.54) is 0 Å². The molecule has 2 fully saturated rings. The van der Waals surface area contributed by atoms with Gasteiger partial charge < -0.3 is 9.80 Å². The third-order valence-electron chi connectivity index (χ3n) is 5.04. The van der Waals surface area contributed by atoms with E-state index in [1.807, 2.05) is 4.90 Å². The number of fused-ring (bicyclic) bond motifs is 1. The first-order valence-electron chi connectivity index (χ1n) is 8.58. The molecule has 1 aromatic rings. The molecule has 7 nitrogen and oxygen atoms in total. The van der Waals surface area contributed by atoms with Crippen LogP contribution in [0.15, 0.2) is 24.3 Å². The molecule has 1 saturated heterocycles. The van der Waals surface area contributed by atoms with Gasteiger partial charge in [-0.05, 0) is 25.0 Å². The van der Waals surface area contributed by atoms with Crippen molar-refractivity contribution in [1.82, 2.24) is 14.7 Å². The molecule has 0 unspecified atom stereocenters. The molecule has 25 heavy (non-hydrogen) atoms. The van der Waals surface area contributed by atoms with Crippen LogP contribution in [-0.2, 0) is 9.59 Å². The largest absolute Gasteiger partial charge is 0.339 e. The molecule has 7 heteroatoms. The Kier molecular flexibility index (Phi) is 3.78. The third kappa shape index (κ3) is 2.79. The number of piperazine rings is 1. The highest BCUT2D eigenvalue weighted by Crippen LogP contribution is 2.31. The maximum atomic E-state index is 12.5. The second kappa shape index (κ2) is 5.98. The van der Waals surface area contributed by atoms with Crippen LogP contribution < -0.4 is 0 Å². The van der Waals surface area contributed by atoms with E-state index in [1.54, 1.807) is 29.2 Å². The highest BCUT2D eigenvalue weighted by atomic mass is 16.2. The van der Waals surface area contributed by atoms with E-state index in [0.717, 1.165) is 17.7 Å². The normalized spacial score (nSPS) is 20.1. The average Bonchev–Trinajstić information content (AvgIpc) is 3.46. The molecule has 3 aliphatic rings. The molecule has 4 amide bonds. The Bertz CT molecular complexity index is 728. The van der Waals surface area contributed by atoms with Gasteiger partial charge in [-0.2, -0.15) is 0 Å². The fourth-order valence-electron chi connectivity index (χ4n) is 3.38. The molecule has 4 rings (SSSR count). The van der Waals surface area contributed by atoms with Gasteiger partial charge in [-0.3, -0.25) is 24.1 Å². The number of nitrogens with zero attached hydrogens (tertiary/aromatic N) is 3. The van der Waals surface area contributed by atoms with Gasteiger partial charge in [0.1, 0.15) is 6.54 Å². The van der Waals surface area contributed by atoms with Crippen LogP contribution in [0, 0.1) is 5.92 Å². The SMILES string of the molecule is O=C(CN1C(=O)c2ccccc2C1=O)N1CCN(C(=O)C2CC2)CC1. The van der Waals surface area contributed by atoms with Crippen LogP contribution in [0.3, 0.4) is 0 Å². The molecule has 130 valence electrons. The lowest BCUT2D eigenvalue weighted by Gasteiger charge is -2.35. The number of carbonyl (C=O) groups excluding carboxylic acids is 4. The summed E-state index contributed by atoms with van der Waals surface area (Å²) >= 11 is 0. The van der Waals surface area contributed by atoms with Gasteiger partial charge in [0, 0.05) is 32.1 Å². The van der Waals surface area contributed by atoms with Gasteiger partial charge in [-0.1, -0.05) is 12.1 Å². The molecule has 1 aromatic carbocycles. The van der Waals surface area contributed by atoms with Crippen molar-refractivity contribution in [3.05, 3.63) is 35.4 Å². The molecule has 0 N–H and O–H groups in total. The molecule has 0 aromatic heterocycles. The zero-order chi connectivity index (χ0) is 17.6. The van der Waals surface area contributed by atoms with Gasteiger partial charge in [0.15, 0.2) is 0 Å². The van der Waals surface area contributed by atoms with Crippen molar-refractivity contribution in [2.24, 2.45) is 5.92 Å². The lowest BCUT2D eigenvalue weighted by Crippen LogP contribution is -2.53. The number of benzene rings is 1. The number of carbonyl (C=O) groups is 4. The maximum Gasteiger partial charge on any atom is 0.262 e. The average molecular weight is 341 g/mol. The Morgan fingerprint density at radius 1 is 0.880 bits per heavy atom. The third-order valence-corrected chi connectivity index (χ3v) is 5.04. The molecule has 1 aliphatic carbocycles. The molecule has 1 saturated carbocycles. The van der Waals surface area contributed by atoms with Gasteiger partial charge in [-0.15, -0.1) is 0 Å². The van der Waals surface area contributed by atoms with Gasteiger partial charge in [0.2, 0.25) is 11.8 Å². The Balaban J connectivity index is 1.36. The predicted molar refractivity (Wildman–Crippen MR) is 87.7 cm³/mol. The summed E-state index contributed by atoms with van der Waals surface area (Å²) < 4.78 is 0. The lowest BCUT2D eigenvalue weighted by molar-refractivity contribution is -0.140. The quantitative estimate of drug-likeness (QED) is 0.744. The van der Waals surface area contributed by atoms with Crippen LogP contribution in [0.2, 0.25) is 0 Å². The van der Waals surface area contributed by atoms with Crippen molar-refractivity contribution >= 4 is 23.6 Å². The Morgan fingerprint density at radius 3 is 1.92 bits per heavy atom. The molecule has 2 heterocycles. The minimum Gasteiger partial charge on any atom is -0.339 e. The van der Waals surface area contributed by atoms with Crippen molar-refractivity contribution in [2.45, 2.75) is 12.8 Å². The standard InChI is InChI=1S/C18H19N3O4/c22-15(19-7-9-20(10-8-19)16(23)12-5-6-12)11-21-17(24)13-3-1-2-4-14(13)18(21)25/h1-4,12H,5-11H2. The van der Waals surface area contributed by atoms with Crippen LogP contribution in [0.1, 0.15) is 33.6 Å². The molecule has 0 atom stereocenters. The molecule has 0 spiro atoms. The summed E-state index contributed by atoms with van der Waals surface area (Å²) in [6.07, 6.45) is 1.94. The fourth-order valence-corrected chi connectivity index (χ4v) is 3.38. The van der Waals surface area contributed by atoms with E-state index >= 15 is 0 Å². The fraction of sp³-hybridized carbons (Fsp3) is 0.444. The van der Waals surface area contributed by atoms with E-state index in [4.69, 9.17) is 0 Å². The van der Waals surface area contributed by atoms with Crippen molar-refractivity contribution in [1.29, 1.82) is 0 Å². The molecule has 0 bridgehead atoms. The van der Waals surface area contributed by atoms with Crippen molar-refractivity contribution in [2.75, 3.05) is 32.7 Å². The molecule has 2 aliphatic heterocycles. The Hall–Kier alpha value is -2.70. The summed E-state index contributed by atoms with van der Waals surface area (Å²) in [6, 6.07) is 6.60. The number of amides is 4. The van der Waals surface area contributed by atoms with Gasteiger partial charge >= 0.3 is 0 Å². The molecular weight excluding hydrogens is 322 g/mol. The van der Waals surface area contributed by atoms with Crippen LogP contribution >= 0.6 is 0 Å². The van der Waals surface area contributed by atoms with E-state index in [-0.39, 0.29) is 24.3 Å². The van der Waals surface area contributed by atoms with Gasteiger partial charge in [0.05, 0.1) is 11.1 Å². The Morgan fingerprint density at radius 2 is 1.40 bits per heavy atom. The molecule has 0 radical (unpaired) electrons. The minimum atomic E-state index is -0.420. The second-order valence-corrected chi connectivity index (χ2v) is 6.72. The van der Waals surface area contributed by atoms with Crippen molar-refractivity contribution in [3.63, 3.8) is 0 Å². The van der Waals surface area contributed by atoms with E-state index in [2.05, 4.69) is 0 Å². The predicted octanol–water partition coefficient (Wildman–Crippen LogP) is 0.363. The number of rotatable bonds is 3. The first-order valence-corrected chi connectivity index (χ1v) is 8.58. The Labute approximate surface area is 145 Å². The summed E-state index contributed by atoms with van der Waals surface area (Å²) in [5.41, 5.74) is 0.695. The van der Waals surface area contributed by atoms with Crippen LogP contribution in [0.4, 0.5) is 0 Å². The van der Waals surface area contributed by atoms with Crippen molar-refractivity contribution < 1.29 is 19.2 Å². The molecular formula is C18H19N3O4. The van der Waals surface area contributed by atoms with Crippen molar-refractivity contribution in [3.8, 4) is 0 Å². The topological polar surface area (TPSA) is 78.0 Å². The highest BCUT2D eigenvalue weighted by Gasteiger charge is 2.38. The monoisotopic (exact) mass is 341 g/mol. The first-order chi connectivity index (χ1) is 12.1. The summed E-state index contributed by atoms with van der Waals surface area (Å²) in [7, 11) is 0. The second-order valence-electron chi connectivity index (χ2n) is 6.72. The summed E-state index contributed by atoms with van der Waals surface area (Å²) in [5, 5.41) is 0. The van der Waals surface area contributed by atoms with Gasteiger partial charge in [0.25, 0.3) is 11.8 Å². The minimum absolute atomic E-state index is 0.181. The lowest BCUT2D eigenvalue weighted by atomic mass is 10.1. The van der Waals surface area contributed by atoms with Gasteiger partial charge in [-0.25, -0.2) is 0 Å². The zero-order valence-electron chi connectivity index (χ0n) is 13.8. The smallest absolute Gasteiger partial charge is 0.262 e. The van der Waals surface area contributed by atoms with Crippen LogP contribution in [0.25, 0.3) is 0 Å². The van der Waals surface area contributed by atoms with Crippen LogP contribution in [-0.4, -0.2) is 71.1 Å². The van der Waals surface area contributed by atoms with E-state index < -0.39 is 11.8 Å². The summed E-state index contributed by atoms with van der Waals surface area (Å²) in [6.45, 7) is 1.68. The first kappa shape index (κ1) is 15.8. The maximum absolute atomic E-state index is 12.5. The van der Waals surface area contributed by atoms with E-state index in [0.29, 0.717) is 37.3 Å². The number of hydrogen-bond acceptors (Lipinski definition) is 4. The summed E-state index contributed by atoms with van der Waals surface area (Å²) in [5.74, 6) is -0.728. The zero-order valence-corrected chi connectivity index (χ0v) is 13.8. The number of imide groups is 1. The highest BCUT2D eigenvalue weighted by molar-refractivity contribution is 6.22. The number of hydrogen-bond donors (Lipinski definition) is 0. The summed E-state index contributed by atoms with van der Waals surface area (Å²) in [4.78, 5) is 53.7. The van der Waals surface area contributed by atoms with Crippen LogP contribution in [0.5, 0.6) is 0 Å². The van der Waals surface area contributed by atoms with E-state index in [9.17, 15) is 19.2 Å².